The molecule has 1 heterocycles. The first-order valence-corrected chi connectivity index (χ1v) is 12.5. The Balaban J connectivity index is 1.71. The maximum atomic E-state index is 13.8. The van der Waals surface area contributed by atoms with Gasteiger partial charge < -0.3 is 14.4 Å². The van der Waals surface area contributed by atoms with Crippen molar-refractivity contribution in [3.8, 4) is 11.3 Å². The number of amides is 1. The van der Waals surface area contributed by atoms with Crippen LogP contribution in [0.25, 0.3) is 11.3 Å². The van der Waals surface area contributed by atoms with Gasteiger partial charge >= 0.3 is 12.1 Å². The summed E-state index contributed by atoms with van der Waals surface area (Å²) < 4.78 is 45.4. The number of benzene rings is 3. The van der Waals surface area contributed by atoms with Gasteiger partial charge in [-0.25, -0.2) is 0 Å². The van der Waals surface area contributed by atoms with E-state index in [2.05, 4.69) is 0 Å². The summed E-state index contributed by atoms with van der Waals surface area (Å²) in [5, 5.41) is 10.1. The number of carboxylic acids is 1. The van der Waals surface area contributed by atoms with E-state index in [0.717, 1.165) is 17.7 Å². The van der Waals surface area contributed by atoms with E-state index >= 15 is 0 Å². The number of rotatable bonds is 9. The Morgan fingerprint density at radius 1 is 0.923 bits per heavy atom. The Labute approximate surface area is 232 Å². The van der Waals surface area contributed by atoms with Crippen molar-refractivity contribution < 1.29 is 32.3 Å². The van der Waals surface area contributed by atoms with Gasteiger partial charge in [0.25, 0.3) is 5.91 Å². The predicted octanol–water partition coefficient (Wildman–Crippen LogP) is 8.00. The summed E-state index contributed by atoms with van der Waals surface area (Å²) in [6, 6.07) is 20.4. The molecule has 1 N–H and O–H groups in total. The first kappa shape index (κ1) is 28.3. The molecule has 0 spiro atoms. The molecule has 0 aliphatic carbocycles. The average Bonchev–Trinajstić information content (AvgIpc) is 3.35. The monoisotopic (exact) mass is 575 g/mol. The van der Waals surface area contributed by atoms with Gasteiger partial charge in [-0.1, -0.05) is 65.7 Å². The molecule has 1 unspecified atom stereocenters. The Hall–Kier alpha value is -3.75. The second-order valence-corrected chi connectivity index (χ2v) is 9.69. The topological polar surface area (TPSA) is 70.8 Å². The fourth-order valence-corrected chi connectivity index (χ4v) is 4.69. The first-order valence-electron chi connectivity index (χ1n) is 11.8. The highest BCUT2D eigenvalue weighted by Gasteiger charge is 2.31. The molecule has 1 aromatic heterocycles. The molecule has 10 heteroatoms. The number of hydrogen-bond acceptors (Lipinski definition) is 3. The van der Waals surface area contributed by atoms with E-state index in [9.17, 15) is 27.9 Å². The molecule has 1 atom stereocenters. The summed E-state index contributed by atoms with van der Waals surface area (Å²) in [7, 11) is 0. The number of halogens is 5. The molecule has 4 aromatic rings. The van der Waals surface area contributed by atoms with Crippen molar-refractivity contribution in [3.63, 3.8) is 0 Å². The quantitative estimate of drug-likeness (QED) is 0.219. The van der Waals surface area contributed by atoms with Crippen LogP contribution < -0.4 is 0 Å². The summed E-state index contributed by atoms with van der Waals surface area (Å²) >= 11 is 12.3. The number of furan rings is 1. The van der Waals surface area contributed by atoms with Crippen molar-refractivity contribution in [2.24, 2.45) is 0 Å². The Kier molecular flexibility index (Phi) is 8.67. The Morgan fingerprint density at radius 2 is 1.67 bits per heavy atom. The van der Waals surface area contributed by atoms with E-state index in [0.29, 0.717) is 5.02 Å². The largest absolute Gasteiger partial charge is 0.481 e. The zero-order valence-corrected chi connectivity index (χ0v) is 21.8. The molecule has 0 aliphatic heterocycles. The highest BCUT2D eigenvalue weighted by atomic mass is 35.5. The average molecular weight is 576 g/mol. The molecule has 0 saturated heterocycles. The molecule has 4 rings (SSSR count). The highest BCUT2D eigenvalue weighted by molar-refractivity contribution is 6.36. The third-order valence-corrected chi connectivity index (χ3v) is 6.60. The van der Waals surface area contributed by atoms with Gasteiger partial charge in [0.15, 0.2) is 0 Å². The highest BCUT2D eigenvalue weighted by Crippen LogP contribution is 2.33. The van der Waals surface area contributed by atoms with E-state index in [1.54, 1.807) is 6.07 Å². The number of carbonyl (C=O) groups is 2. The third kappa shape index (κ3) is 7.22. The first-order chi connectivity index (χ1) is 18.5. The van der Waals surface area contributed by atoms with E-state index in [4.69, 9.17) is 27.6 Å². The van der Waals surface area contributed by atoms with Crippen LogP contribution in [0.2, 0.25) is 10.0 Å². The molecule has 0 fully saturated rings. The SMILES string of the molecule is O=C(O)CC(Cc1ccccc1)N(Cc1ccc(-c2cccc(C(F)(F)F)c2)o1)C(=O)c1ccc(Cl)cc1Cl. The lowest BCUT2D eigenvalue weighted by atomic mass is 10.0. The van der Waals surface area contributed by atoms with Crippen LogP contribution >= 0.6 is 23.2 Å². The molecular weight excluding hydrogens is 554 g/mol. The molecule has 0 saturated carbocycles. The maximum Gasteiger partial charge on any atom is 0.416 e. The molecule has 0 bridgehead atoms. The number of nitrogens with zero attached hydrogens (tertiary/aromatic N) is 1. The molecule has 0 radical (unpaired) electrons. The number of carbonyl (C=O) groups excluding carboxylic acids is 1. The molecule has 5 nitrogen and oxygen atoms in total. The second kappa shape index (κ2) is 12.0. The van der Waals surface area contributed by atoms with Gasteiger partial charge in [0.05, 0.1) is 29.1 Å². The lowest BCUT2D eigenvalue weighted by Crippen LogP contribution is -2.42. The van der Waals surface area contributed by atoms with Gasteiger partial charge in [-0.3, -0.25) is 9.59 Å². The van der Waals surface area contributed by atoms with Crippen LogP contribution in [0.3, 0.4) is 0 Å². The van der Waals surface area contributed by atoms with Crippen LogP contribution in [0.5, 0.6) is 0 Å². The van der Waals surface area contributed by atoms with Crippen molar-refractivity contribution >= 4 is 35.1 Å². The van der Waals surface area contributed by atoms with Gasteiger partial charge in [0.1, 0.15) is 11.5 Å². The summed E-state index contributed by atoms with van der Waals surface area (Å²) in [6.45, 7) is -0.151. The molecule has 39 heavy (non-hydrogen) atoms. The number of hydrogen-bond donors (Lipinski definition) is 1. The van der Waals surface area contributed by atoms with E-state index in [-0.39, 0.29) is 47.1 Å². The maximum absolute atomic E-state index is 13.8. The summed E-state index contributed by atoms with van der Waals surface area (Å²) in [5.74, 6) is -1.23. The van der Waals surface area contributed by atoms with Crippen molar-refractivity contribution in [2.75, 3.05) is 0 Å². The lowest BCUT2D eigenvalue weighted by molar-refractivity contribution is -0.138. The van der Waals surface area contributed by atoms with Crippen LogP contribution in [0.1, 0.15) is 33.7 Å². The van der Waals surface area contributed by atoms with Crippen molar-refractivity contribution in [2.45, 2.75) is 31.6 Å². The number of carboxylic acid groups (broad SMARTS) is 1. The molecule has 3 aromatic carbocycles. The second-order valence-electron chi connectivity index (χ2n) is 8.84. The minimum atomic E-state index is -4.52. The zero-order valence-electron chi connectivity index (χ0n) is 20.3. The minimum Gasteiger partial charge on any atom is -0.481 e. The number of aliphatic carboxylic acids is 1. The van der Waals surface area contributed by atoms with Crippen molar-refractivity contribution in [1.29, 1.82) is 0 Å². The third-order valence-electron chi connectivity index (χ3n) is 6.05. The Morgan fingerprint density at radius 3 is 2.33 bits per heavy atom. The van der Waals surface area contributed by atoms with E-state index in [1.165, 1.54) is 41.3 Å². The van der Waals surface area contributed by atoms with Crippen molar-refractivity contribution in [1.82, 2.24) is 4.90 Å². The van der Waals surface area contributed by atoms with Crippen LogP contribution in [0.4, 0.5) is 13.2 Å². The summed E-state index contributed by atoms with van der Waals surface area (Å²) in [6.07, 6.45) is -4.66. The van der Waals surface area contributed by atoms with Crippen molar-refractivity contribution in [3.05, 3.63) is 117 Å². The molecule has 0 aliphatic rings. The van der Waals surface area contributed by atoms with E-state index < -0.39 is 29.7 Å². The zero-order chi connectivity index (χ0) is 28.2. The Bertz CT molecular complexity index is 1470. The molecular formula is C29H22Cl2F3NO4. The van der Waals surface area contributed by atoms with Gasteiger partial charge in [-0.15, -0.1) is 0 Å². The van der Waals surface area contributed by atoms with E-state index in [1.807, 2.05) is 30.3 Å². The van der Waals surface area contributed by atoms with Gasteiger partial charge in [0.2, 0.25) is 0 Å². The van der Waals surface area contributed by atoms with Gasteiger partial charge in [-0.05, 0) is 54.4 Å². The fraction of sp³-hybridized carbons (Fsp3) is 0.172. The predicted molar refractivity (Wildman–Crippen MR) is 142 cm³/mol. The van der Waals surface area contributed by atoms with Crippen LogP contribution in [0, 0.1) is 0 Å². The standard InChI is InChI=1S/C29H22Cl2F3NO4/c30-21-9-11-24(25(31)15-21)28(38)35(22(16-27(36)37)13-18-5-2-1-3-6-18)17-23-10-12-26(39-23)19-7-4-8-20(14-19)29(32,33)34/h1-12,14-15,22H,13,16-17H2,(H,36,37). The fourth-order valence-electron chi connectivity index (χ4n) is 4.20. The summed E-state index contributed by atoms with van der Waals surface area (Å²) in [5.41, 5.74) is 0.319. The number of alkyl halides is 3. The van der Waals surface area contributed by atoms with Gasteiger partial charge in [-0.2, -0.15) is 13.2 Å². The normalized spacial score (nSPS) is 12.2. The molecule has 202 valence electrons. The summed E-state index contributed by atoms with van der Waals surface area (Å²) in [4.78, 5) is 27.0. The van der Waals surface area contributed by atoms with Crippen LogP contribution in [0.15, 0.2) is 89.3 Å². The van der Waals surface area contributed by atoms with Gasteiger partial charge in [0, 0.05) is 16.6 Å². The van der Waals surface area contributed by atoms with Crippen LogP contribution in [-0.2, 0) is 23.9 Å². The van der Waals surface area contributed by atoms with Crippen LogP contribution in [-0.4, -0.2) is 27.9 Å². The lowest BCUT2D eigenvalue weighted by Gasteiger charge is -2.31. The smallest absolute Gasteiger partial charge is 0.416 e. The minimum absolute atomic E-state index is 0.0929. The molecule has 1 amide bonds.